The zero-order valence-electron chi connectivity index (χ0n) is 2.82. The highest BCUT2D eigenvalue weighted by Gasteiger charge is 1.83. The SMILES string of the molecule is PCC(P)Cl. The van der Waals surface area contributed by atoms with Crippen LogP contribution in [0.4, 0.5) is 0 Å². The Morgan fingerprint density at radius 3 is 2.00 bits per heavy atom. The van der Waals surface area contributed by atoms with Gasteiger partial charge >= 0.3 is 0 Å². The third-order valence-electron chi connectivity index (χ3n) is 0.225. The molecule has 0 amide bonds. The maximum Gasteiger partial charge on any atom is 0.0510 e. The Labute approximate surface area is 42.1 Å². The van der Waals surface area contributed by atoms with E-state index in [1.165, 1.54) is 0 Å². The summed E-state index contributed by atoms with van der Waals surface area (Å²) in [5.41, 5.74) is 0. The molecule has 0 fully saturated rings. The summed E-state index contributed by atoms with van der Waals surface area (Å²) in [6, 6.07) is 0. The molecule has 0 aliphatic rings. The first-order valence-corrected chi connectivity index (χ1v) is 3.29. The van der Waals surface area contributed by atoms with Crippen molar-refractivity contribution in [2.45, 2.75) is 5.12 Å². The second-order valence-electron chi connectivity index (χ2n) is 0.752. The van der Waals surface area contributed by atoms with Crippen LogP contribution >= 0.6 is 30.1 Å². The summed E-state index contributed by atoms with van der Waals surface area (Å²) in [6.07, 6.45) is 0.951. The van der Waals surface area contributed by atoms with Gasteiger partial charge in [0, 0.05) is 0 Å². The number of alkyl halides is 1. The van der Waals surface area contributed by atoms with Crippen LogP contribution in [0.15, 0.2) is 0 Å². The lowest BCUT2D eigenvalue weighted by Gasteiger charge is -1.87. The zero-order chi connectivity index (χ0) is 4.28. The Bertz CT molecular complexity index is 21.6. The van der Waals surface area contributed by atoms with Gasteiger partial charge in [0.15, 0.2) is 0 Å². The van der Waals surface area contributed by atoms with Gasteiger partial charge in [-0.25, -0.2) is 0 Å². The molecule has 0 bridgehead atoms. The fourth-order valence-electron chi connectivity index (χ4n) is 0. The van der Waals surface area contributed by atoms with Gasteiger partial charge in [-0.3, -0.25) is 0 Å². The normalized spacial score (nSPS) is 15.0. The molecule has 3 unspecified atom stereocenters. The molecule has 3 atom stereocenters. The molecule has 0 nitrogen and oxygen atoms in total. The van der Waals surface area contributed by atoms with E-state index in [9.17, 15) is 0 Å². The molecule has 0 aromatic rings. The fourth-order valence-corrected chi connectivity index (χ4v) is 0. The summed E-state index contributed by atoms with van der Waals surface area (Å²) >= 11 is 5.40. The smallest absolute Gasteiger partial charge is 0.0510 e. The van der Waals surface area contributed by atoms with E-state index in [1.807, 2.05) is 0 Å². The van der Waals surface area contributed by atoms with Gasteiger partial charge in [-0.15, -0.1) is 30.1 Å². The quantitative estimate of drug-likeness (QED) is 0.369. The predicted octanol–water partition coefficient (Wildman–Crippen LogP) is 1.30. The van der Waals surface area contributed by atoms with E-state index in [0.29, 0.717) is 0 Å². The van der Waals surface area contributed by atoms with Gasteiger partial charge in [-0.2, -0.15) is 0 Å². The minimum atomic E-state index is 0.236. The number of halogens is 1. The van der Waals surface area contributed by atoms with Gasteiger partial charge in [0.2, 0.25) is 0 Å². The molecular weight excluding hydrogens is 121 g/mol. The molecule has 0 heterocycles. The van der Waals surface area contributed by atoms with Crippen molar-refractivity contribution >= 4 is 30.1 Å². The molecule has 0 spiro atoms. The highest BCUT2D eigenvalue weighted by Crippen LogP contribution is 2.06. The minimum Gasteiger partial charge on any atom is -0.136 e. The third-order valence-corrected chi connectivity index (χ3v) is 2.03. The van der Waals surface area contributed by atoms with Crippen molar-refractivity contribution in [1.29, 1.82) is 0 Å². The molecule has 0 saturated heterocycles. The van der Waals surface area contributed by atoms with Crippen molar-refractivity contribution in [3.63, 3.8) is 0 Å². The van der Waals surface area contributed by atoms with Crippen LogP contribution in [0.2, 0.25) is 0 Å². The fraction of sp³-hybridized carbons (Fsp3) is 1.00. The Morgan fingerprint density at radius 1 is 1.80 bits per heavy atom. The predicted molar refractivity (Wildman–Crippen MR) is 33.9 cm³/mol. The van der Waals surface area contributed by atoms with Crippen LogP contribution < -0.4 is 0 Å². The van der Waals surface area contributed by atoms with Crippen molar-refractivity contribution in [2.24, 2.45) is 0 Å². The van der Waals surface area contributed by atoms with E-state index in [2.05, 4.69) is 18.5 Å². The number of hydrogen-bond donors (Lipinski definition) is 0. The van der Waals surface area contributed by atoms with Crippen LogP contribution in [0.25, 0.3) is 0 Å². The average Bonchev–Trinajstić information content (AvgIpc) is 1.38. The Hall–Kier alpha value is 1.15. The van der Waals surface area contributed by atoms with E-state index in [1.54, 1.807) is 0 Å². The highest BCUT2D eigenvalue weighted by atomic mass is 35.5. The van der Waals surface area contributed by atoms with Gasteiger partial charge in [-0.05, 0) is 6.16 Å². The third kappa shape index (κ3) is 5.15. The van der Waals surface area contributed by atoms with Crippen molar-refractivity contribution in [3.8, 4) is 0 Å². The first-order valence-electron chi connectivity index (χ1n) is 1.37. The molecule has 32 valence electrons. The molecule has 3 heteroatoms. The van der Waals surface area contributed by atoms with Crippen LogP contribution in [0.1, 0.15) is 0 Å². The molecule has 0 aromatic heterocycles. The van der Waals surface area contributed by atoms with E-state index in [-0.39, 0.29) is 5.12 Å². The van der Waals surface area contributed by atoms with Crippen LogP contribution in [0.5, 0.6) is 0 Å². The molecule has 0 aromatic carbocycles. The number of rotatable bonds is 1. The first kappa shape index (κ1) is 6.15. The lowest BCUT2D eigenvalue weighted by atomic mass is 10.9. The first-order chi connectivity index (χ1) is 2.27. The summed E-state index contributed by atoms with van der Waals surface area (Å²) in [5, 5.41) is 0.236. The maximum atomic E-state index is 5.40. The zero-order valence-corrected chi connectivity index (χ0v) is 5.88. The summed E-state index contributed by atoms with van der Waals surface area (Å²) in [6.45, 7) is 0. The second kappa shape index (κ2) is 3.34. The van der Waals surface area contributed by atoms with Gasteiger partial charge in [-0.1, -0.05) is 0 Å². The Kier molecular flexibility index (Phi) is 4.11. The molecule has 0 rings (SSSR count). The topological polar surface area (TPSA) is 0 Å². The lowest BCUT2D eigenvalue weighted by molar-refractivity contribution is 1.44. The molecule has 0 saturated carbocycles. The van der Waals surface area contributed by atoms with Crippen LogP contribution in [-0.4, -0.2) is 11.3 Å². The van der Waals surface area contributed by atoms with Gasteiger partial charge < -0.3 is 0 Å². The summed E-state index contributed by atoms with van der Waals surface area (Å²) < 4.78 is 0. The average molecular weight is 128 g/mol. The van der Waals surface area contributed by atoms with Gasteiger partial charge in [0.1, 0.15) is 0 Å². The molecule has 0 aliphatic carbocycles. The maximum absolute atomic E-state index is 5.40. The molecule has 0 N–H and O–H groups in total. The van der Waals surface area contributed by atoms with E-state index >= 15 is 0 Å². The van der Waals surface area contributed by atoms with E-state index in [4.69, 9.17) is 11.6 Å². The second-order valence-corrected chi connectivity index (χ2v) is 3.01. The van der Waals surface area contributed by atoms with Crippen molar-refractivity contribution < 1.29 is 0 Å². The number of hydrogen-bond acceptors (Lipinski definition) is 0. The highest BCUT2D eigenvalue weighted by molar-refractivity contribution is 7.25. The van der Waals surface area contributed by atoms with Crippen molar-refractivity contribution in [1.82, 2.24) is 0 Å². The van der Waals surface area contributed by atoms with Gasteiger partial charge in [0.05, 0.1) is 5.12 Å². The van der Waals surface area contributed by atoms with E-state index in [0.717, 1.165) is 6.16 Å². The van der Waals surface area contributed by atoms with E-state index < -0.39 is 0 Å². The van der Waals surface area contributed by atoms with Gasteiger partial charge in [0.25, 0.3) is 0 Å². The van der Waals surface area contributed by atoms with Crippen molar-refractivity contribution in [3.05, 3.63) is 0 Å². The molecular formula is C2H7ClP2. The molecule has 0 aliphatic heterocycles. The lowest BCUT2D eigenvalue weighted by Crippen LogP contribution is -1.80. The summed E-state index contributed by atoms with van der Waals surface area (Å²) in [7, 11) is 5.02. The van der Waals surface area contributed by atoms with Crippen LogP contribution in [0, 0.1) is 0 Å². The Morgan fingerprint density at radius 2 is 2.00 bits per heavy atom. The van der Waals surface area contributed by atoms with Crippen LogP contribution in [0.3, 0.4) is 0 Å². The summed E-state index contributed by atoms with van der Waals surface area (Å²) in [5.74, 6) is 0. The Balaban J connectivity index is 2.54. The standard InChI is InChI=1S/C2H7ClP2/c3-2(5)1-4/h2H,1,4-5H2. The monoisotopic (exact) mass is 128 g/mol. The molecule has 5 heavy (non-hydrogen) atoms. The van der Waals surface area contributed by atoms with Crippen LogP contribution in [-0.2, 0) is 0 Å². The van der Waals surface area contributed by atoms with Crippen molar-refractivity contribution in [2.75, 3.05) is 6.16 Å². The molecule has 0 radical (unpaired) electrons. The minimum absolute atomic E-state index is 0.236. The largest absolute Gasteiger partial charge is 0.136 e. The summed E-state index contributed by atoms with van der Waals surface area (Å²) in [4.78, 5) is 0.